The monoisotopic (exact) mass is 239 g/mol. The van der Waals surface area contributed by atoms with Crippen LogP contribution < -0.4 is 10.6 Å². The highest BCUT2D eigenvalue weighted by Crippen LogP contribution is 1.91. The SMILES string of the molecule is CCCN/C=C(/C#N)C(=O)NCCCOCC. The van der Waals surface area contributed by atoms with Gasteiger partial charge in [0.05, 0.1) is 0 Å². The van der Waals surface area contributed by atoms with Gasteiger partial charge in [-0.15, -0.1) is 0 Å². The second-order valence-electron chi connectivity index (χ2n) is 3.43. The maximum Gasteiger partial charge on any atom is 0.263 e. The Morgan fingerprint density at radius 3 is 2.76 bits per heavy atom. The van der Waals surface area contributed by atoms with Crippen molar-refractivity contribution in [2.75, 3.05) is 26.3 Å². The zero-order chi connectivity index (χ0) is 12.9. The van der Waals surface area contributed by atoms with E-state index in [1.54, 1.807) is 0 Å². The highest BCUT2D eigenvalue weighted by atomic mass is 16.5. The van der Waals surface area contributed by atoms with Gasteiger partial charge in [0.1, 0.15) is 11.6 Å². The standard InChI is InChI=1S/C12H21N3O2/c1-3-6-14-10-11(9-13)12(16)15-7-5-8-17-4-2/h10,14H,3-8H2,1-2H3,(H,15,16)/b11-10-. The molecule has 0 aromatic rings. The van der Waals surface area contributed by atoms with E-state index in [4.69, 9.17) is 10.00 Å². The summed E-state index contributed by atoms with van der Waals surface area (Å²) in [5.74, 6) is -0.340. The Hall–Kier alpha value is -1.54. The van der Waals surface area contributed by atoms with Crippen molar-refractivity contribution < 1.29 is 9.53 Å². The third kappa shape index (κ3) is 8.29. The normalized spacial score (nSPS) is 10.8. The lowest BCUT2D eigenvalue weighted by molar-refractivity contribution is -0.117. The number of carbonyl (C=O) groups is 1. The largest absolute Gasteiger partial charge is 0.390 e. The number of nitriles is 1. The quantitative estimate of drug-likeness (QED) is 0.357. The lowest BCUT2D eigenvalue weighted by atomic mass is 10.3. The average Bonchev–Trinajstić information content (AvgIpc) is 2.34. The van der Waals surface area contributed by atoms with Crippen LogP contribution in [0.1, 0.15) is 26.7 Å². The molecule has 0 aromatic heterocycles. The molecule has 0 heterocycles. The Morgan fingerprint density at radius 2 is 2.18 bits per heavy atom. The van der Waals surface area contributed by atoms with Crippen molar-refractivity contribution in [3.63, 3.8) is 0 Å². The molecular weight excluding hydrogens is 218 g/mol. The smallest absolute Gasteiger partial charge is 0.263 e. The van der Waals surface area contributed by atoms with Crippen molar-refractivity contribution in [2.45, 2.75) is 26.7 Å². The van der Waals surface area contributed by atoms with Gasteiger partial charge in [-0.2, -0.15) is 5.26 Å². The summed E-state index contributed by atoms with van der Waals surface area (Å²) in [5.41, 5.74) is 0.106. The Balaban J connectivity index is 3.85. The van der Waals surface area contributed by atoms with Gasteiger partial charge in [0.25, 0.3) is 5.91 Å². The molecule has 17 heavy (non-hydrogen) atoms. The fourth-order valence-corrected chi connectivity index (χ4v) is 1.08. The van der Waals surface area contributed by atoms with E-state index < -0.39 is 0 Å². The van der Waals surface area contributed by atoms with E-state index in [0.717, 1.165) is 19.4 Å². The maximum atomic E-state index is 11.5. The van der Waals surface area contributed by atoms with Gasteiger partial charge in [-0.1, -0.05) is 6.92 Å². The van der Waals surface area contributed by atoms with Gasteiger partial charge in [-0.3, -0.25) is 4.79 Å². The first kappa shape index (κ1) is 15.5. The first-order chi connectivity index (χ1) is 8.26. The predicted molar refractivity (Wildman–Crippen MR) is 66.1 cm³/mol. The molecule has 0 saturated carbocycles. The fraction of sp³-hybridized carbons (Fsp3) is 0.667. The fourth-order valence-electron chi connectivity index (χ4n) is 1.08. The van der Waals surface area contributed by atoms with Crippen molar-refractivity contribution in [2.24, 2.45) is 0 Å². The van der Waals surface area contributed by atoms with E-state index in [2.05, 4.69) is 10.6 Å². The number of amides is 1. The molecule has 0 spiro atoms. The molecule has 5 nitrogen and oxygen atoms in total. The van der Waals surface area contributed by atoms with E-state index in [9.17, 15) is 4.79 Å². The van der Waals surface area contributed by atoms with Gasteiger partial charge >= 0.3 is 0 Å². The van der Waals surface area contributed by atoms with E-state index in [1.807, 2.05) is 19.9 Å². The number of carbonyl (C=O) groups excluding carboxylic acids is 1. The van der Waals surface area contributed by atoms with Crippen LogP contribution in [-0.2, 0) is 9.53 Å². The molecule has 0 aliphatic rings. The predicted octanol–water partition coefficient (Wildman–Crippen LogP) is 0.936. The highest BCUT2D eigenvalue weighted by molar-refractivity contribution is 5.97. The molecule has 1 amide bonds. The van der Waals surface area contributed by atoms with E-state index >= 15 is 0 Å². The van der Waals surface area contributed by atoms with Crippen molar-refractivity contribution in [1.29, 1.82) is 5.26 Å². The Bertz CT molecular complexity index is 282. The van der Waals surface area contributed by atoms with Crippen LogP contribution in [0.3, 0.4) is 0 Å². The van der Waals surface area contributed by atoms with Crippen LogP contribution in [0.4, 0.5) is 0 Å². The number of rotatable bonds is 9. The van der Waals surface area contributed by atoms with Gasteiger partial charge < -0.3 is 15.4 Å². The van der Waals surface area contributed by atoms with Gasteiger partial charge in [-0.05, 0) is 19.8 Å². The molecule has 2 N–H and O–H groups in total. The van der Waals surface area contributed by atoms with Crippen LogP contribution in [0.25, 0.3) is 0 Å². The van der Waals surface area contributed by atoms with Crippen LogP contribution >= 0.6 is 0 Å². The molecule has 0 bridgehead atoms. The molecule has 0 aliphatic heterocycles. The van der Waals surface area contributed by atoms with Crippen LogP contribution in [0.15, 0.2) is 11.8 Å². The zero-order valence-corrected chi connectivity index (χ0v) is 10.6. The molecule has 0 fully saturated rings. The van der Waals surface area contributed by atoms with Crippen LogP contribution in [0.2, 0.25) is 0 Å². The second-order valence-corrected chi connectivity index (χ2v) is 3.43. The molecule has 0 aromatic carbocycles. The van der Waals surface area contributed by atoms with Gasteiger partial charge in [0.15, 0.2) is 0 Å². The van der Waals surface area contributed by atoms with Crippen LogP contribution in [0, 0.1) is 11.3 Å². The molecule has 0 unspecified atom stereocenters. The van der Waals surface area contributed by atoms with E-state index in [0.29, 0.717) is 19.8 Å². The minimum Gasteiger partial charge on any atom is -0.390 e. The topological polar surface area (TPSA) is 74.2 Å². The number of hydrogen-bond donors (Lipinski definition) is 2. The lowest BCUT2D eigenvalue weighted by Crippen LogP contribution is -2.27. The van der Waals surface area contributed by atoms with Gasteiger partial charge in [-0.25, -0.2) is 0 Å². The molecule has 0 saturated heterocycles. The summed E-state index contributed by atoms with van der Waals surface area (Å²) in [6, 6.07) is 1.87. The highest BCUT2D eigenvalue weighted by Gasteiger charge is 2.06. The van der Waals surface area contributed by atoms with Crippen molar-refractivity contribution in [3.8, 4) is 6.07 Å². The molecule has 0 aliphatic carbocycles. The number of nitrogens with one attached hydrogen (secondary N) is 2. The first-order valence-corrected chi connectivity index (χ1v) is 5.95. The third-order valence-electron chi connectivity index (χ3n) is 1.96. The Morgan fingerprint density at radius 1 is 1.41 bits per heavy atom. The summed E-state index contributed by atoms with van der Waals surface area (Å²) < 4.78 is 5.14. The molecule has 96 valence electrons. The van der Waals surface area contributed by atoms with Crippen molar-refractivity contribution in [1.82, 2.24) is 10.6 Å². The van der Waals surface area contributed by atoms with E-state index in [1.165, 1.54) is 6.20 Å². The summed E-state index contributed by atoms with van der Waals surface area (Å²) in [6.07, 6.45) is 3.16. The first-order valence-electron chi connectivity index (χ1n) is 5.95. The number of nitrogens with zero attached hydrogens (tertiary/aromatic N) is 1. The maximum absolute atomic E-state index is 11.5. The number of hydrogen-bond acceptors (Lipinski definition) is 4. The summed E-state index contributed by atoms with van der Waals surface area (Å²) in [6.45, 7) is 6.51. The van der Waals surface area contributed by atoms with Gasteiger partial charge in [0.2, 0.25) is 0 Å². The Labute approximate surface area is 103 Å². The minimum absolute atomic E-state index is 0.106. The summed E-state index contributed by atoms with van der Waals surface area (Å²) in [4.78, 5) is 11.5. The van der Waals surface area contributed by atoms with Crippen LogP contribution in [-0.4, -0.2) is 32.2 Å². The van der Waals surface area contributed by atoms with Gasteiger partial charge in [0, 0.05) is 32.5 Å². The molecule has 0 rings (SSSR count). The molecule has 0 atom stereocenters. The minimum atomic E-state index is -0.340. The zero-order valence-electron chi connectivity index (χ0n) is 10.6. The molecule has 0 radical (unpaired) electrons. The van der Waals surface area contributed by atoms with Crippen molar-refractivity contribution >= 4 is 5.91 Å². The third-order valence-corrected chi connectivity index (χ3v) is 1.96. The lowest BCUT2D eigenvalue weighted by Gasteiger charge is -2.04. The summed E-state index contributed by atoms with van der Waals surface area (Å²) in [7, 11) is 0. The molecule has 5 heteroatoms. The van der Waals surface area contributed by atoms with Crippen molar-refractivity contribution in [3.05, 3.63) is 11.8 Å². The van der Waals surface area contributed by atoms with Crippen LogP contribution in [0.5, 0.6) is 0 Å². The Kier molecular flexibility index (Phi) is 9.97. The second kappa shape index (κ2) is 11.0. The molecular formula is C12H21N3O2. The number of ether oxygens (including phenoxy) is 1. The van der Waals surface area contributed by atoms with E-state index in [-0.39, 0.29) is 11.5 Å². The summed E-state index contributed by atoms with van der Waals surface area (Å²) >= 11 is 0. The summed E-state index contributed by atoms with van der Waals surface area (Å²) in [5, 5.41) is 14.4. The average molecular weight is 239 g/mol.